The molecule has 0 spiro atoms. The highest BCUT2D eigenvalue weighted by Crippen LogP contribution is 2.06. The van der Waals surface area contributed by atoms with Crippen LogP contribution < -0.4 is 10.7 Å². The summed E-state index contributed by atoms with van der Waals surface area (Å²) in [5.74, 6) is -0.181. The fraction of sp³-hybridized carbons (Fsp3) is 0.500. The summed E-state index contributed by atoms with van der Waals surface area (Å²) in [5.41, 5.74) is 4.15. The second-order valence-corrected chi connectivity index (χ2v) is 4.00. The van der Waals surface area contributed by atoms with Gasteiger partial charge in [0.05, 0.1) is 25.1 Å². The summed E-state index contributed by atoms with van der Waals surface area (Å²) in [6.45, 7) is 5.56. The first kappa shape index (κ1) is 12.8. The van der Waals surface area contributed by atoms with Crippen LogP contribution in [0.25, 0.3) is 0 Å². The van der Waals surface area contributed by atoms with E-state index in [9.17, 15) is 4.79 Å². The van der Waals surface area contributed by atoms with Crippen LogP contribution in [0.15, 0.2) is 18.3 Å². The molecule has 2 heterocycles. The average Bonchev–Trinajstić information content (AvgIpc) is 2.41. The van der Waals surface area contributed by atoms with Gasteiger partial charge in [-0.1, -0.05) is 0 Å². The highest BCUT2D eigenvalue weighted by Gasteiger charge is 2.14. The third-order valence-corrected chi connectivity index (χ3v) is 2.65. The van der Waals surface area contributed by atoms with E-state index in [2.05, 4.69) is 15.7 Å². The molecule has 0 aliphatic carbocycles. The second kappa shape index (κ2) is 6.32. The Labute approximate surface area is 106 Å². The standard InChI is InChI=1S/C12H18N4O2/c1-2-13-10-3-4-11(14-9-10)12(17)15-16-5-7-18-8-6-16/h3-4,9,13H,2,5-8H2,1H3,(H,15,17). The second-order valence-electron chi connectivity index (χ2n) is 4.00. The van der Waals surface area contributed by atoms with Crippen LogP contribution >= 0.6 is 0 Å². The van der Waals surface area contributed by atoms with Gasteiger partial charge in [0.1, 0.15) is 5.69 Å². The molecule has 0 radical (unpaired) electrons. The molecule has 0 atom stereocenters. The molecule has 18 heavy (non-hydrogen) atoms. The Morgan fingerprint density at radius 1 is 1.44 bits per heavy atom. The van der Waals surface area contributed by atoms with Crippen LogP contribution in [0.5, 0.6) is 0 Å². The Kier molecular flexibility index (Phi) is 4.49. The van der Waals surface area contributed by atoms with Crippen molar-refractivity contribution in [2.45, 2.75) is 6.92 Å². The molecule has 0 saturated carbocycles. The van der Waals surface area contributed by atoms with Crippen LogP contribution in [0.3, 0.4) is 0 Å². The molecule has 0 bridgehead atoms. The van der Waals surface area contributed by atoms with E-state index in [4.69, 9.17) is 4.74 Å². The molecular formula is C12H18N4O2. The molecule has 1 fully saturated rings. The van der Waals surface area contributed by atoms with Gasteiger partial charge < -0.3 is 10.1 Å². The zero-order valence-corrected chi connectivity index (χ0v) is 10.5. The monoisotopic (exact) mass is 250 g/mol. The molecule has 2 rings (SSSR count). The van der Waals surface area contributed by atoms with Crippen LogP contribution in [-0.2, 0) is 4.74 Å². The lowest BCUT2D eigenvalue weighted by molar-refractivity contribution is 0.0124. The van der Waals surface area contributed by atoms with Crippen LogP contribution in [0, 0.1) is 0 Å². The van der Waals surface area contributed by atoms with Crippen molar-refractivity contribution in [1.82, 2.24) is 15.4 Å². The summed E-state index contributed by atoms with van der Waals surface area (Å²) >= 11 is 0. The molecule has 1 aromatic rings. The SMILES string of the molecule is CCNc1ccc(C(=O)NN2CCOCC2)nc1. The lowest BCUT2D eigenvalue weighted by Crippen LogP contribution is -2.48. The van der Waals surface area contributed by atoms with E-state index in [1.807, 2.05) is 18.0 Å². The number of anilines is 1. The van der Waals surface area contributed by atoms with Crippen molar-refractivity contribution in [1.29, 1.82) is 0 Å². The lowest BCUT2D eigenvalue weighted by Gasteiger charge is -2.26. The van der Waals surface area contributed by atoms with Gasteiger partial charge in [0, 0.05) is 19.6 Å². The molecule has 1 amide bonds. The van der Waals surface area contributed by atoms with E-state index >= 15 is 0 Å². The largest absolute Gasteiger partial charge is 0.384 e. The molecule has 0 aromatic carbocycles. The minimum absolute atomic E-state index is 0.181. The molecule has 98 valence electrons. The number of nitrogens with one attached hydrogen (secondary N) is 2. The summed E-state index contributed by atoms with van der Waals surface area (Å²) in [6, 6.07) is 3.57. The Morgan fingerprint density at radius 3 is 2.83 bits per heavy atom. The van der Waals surface area contributed by atoms with Gasteiger partial charge in [-0.3, -0.25) is 10.2 Å². The van der Waals surface area contributed by atoms with E-state index in [1.54, 1.807) is 12.3 Å². The third-order valence-electron chi connectivity index (χ3n) is 2.65. The quantitative estimate of drug-likeness (QED) is 0.814. The Balaban J connectivity index is 1.91. The molecule has 1 aliphatic rings. The van der Waals surface area contributed by atoms with Gasteiger partial charge in [-0.2, -0.15) is 0 Å². The Morgan fingerprint density at radius 2 is 2.22 bits per heavy atom. The number of nitrogens with zero attached hydrogens (tertiary/aromatic N) is 2. The number of ether oxygens (including phenoxy) is 1. The van der Waals surface area contributed by atoms with E-state index in [0.717, 1.165) is 12.2 Å². The summed E-state index contributed by atoms with van der Waals surface area (Å²) in [5, 5.41) is 4.99. The van der Waals surface area contributed by atoms with Crippen LogP contribution in [0.4, 0.5) is 5.69 Å². The first-order valence-corrected chi connectivity index (χ1v) is 6.13. The normalized spacial score (nSPS) is 16.3. The number of hydrazine groups is 1. The predicted molar refractivity (Wildman–Crippen MR) is 68.3 cm³/mol. The zero-order valence-electron chi connectivity index (χ0n) is 10.5. The number of hydrogen-bond acceptors (Lipinski definition) is 5. The Hall–Kier alpha value is -1.66. The lowest BCUT2D eigenvalue weighted by atomic mass is 10.3. The number of carbonyl (C=O) groups excluding carboxylic acids is 1. The zero-order chi connectivity index (χ0) is 12.8. The van der Waals surface area contributed by atoms with Crippen molar-refractivity contribution >= 4 is 11.6 Å². The number of aromatic nitrogens is 1. The van der Waals surface area contributed by atoms with Crippen molar-refractivity contribution in [2.24, 2.45) is 0 Å². The molecule has 1 aromatic heterocycles. The van der Waals surface area contributed by atoms with Crippen LogP contribution in [0.2, 0.25) is 0 Å². The van der Waals surface area contributed by atoms with Crippen LogP contribution in [0.1, 0.15) is 17.4 Å². The maximum atomic E-state index is 11.9. The van der Waals surface area contributed by atoms with Crippen LogP contribution in [-0.4, -0.2) is 48.7 Å². The molecule has 6 nitrogen and oxygen atoms in total. The summed E-state index contributed by atoms with van der Waals surface area (Å²) in [6.07, 6.45) is 1.66. The summed E-state index contributed by atoms with van der Waals surface area (Å²) in [4.78, 5) is 16.0. The number of amides is 1. The number of hydrogen-bond donors (Lipinski definition) is 2. The van der Waals surface area contributed by atoms with Crippen molar-refractivity contribution in [3.63, 3.8) is 0 Å². The molecule has 0 unspecified atom stereocenters. The summed E-state index contributed by atoms with van der Waals surface area (Å²) < 4.78 is 5.21. The maximum Gasteiger partial charge on any atom is 0.284 e. The van der Waals surface area contributed by atoms with Gasteiger partial charge in [-0.15, -0.1) is 0 Å². The van der Waals surface area contributed by atoms with Crippen molar-refractivity contribution < 1.29 is 9.53 Å². The van der Waals surface area contributed by atoms with Gasteiger partial charge in [-0.25, -0.2) is 9.99 Å². The Bertz CT molecular complexity index is 388. The highest BCUT2D eigenvalue weighted by atomic mass is 16.5. The third kappa shape index (κ3) is 3.41. The number of carbonyl (C=O) groups is 1. The minimum Gasteiger partial charge on any atom is -0.384 e. The van der Waals surface area contributed by atoms with E-state index in [1.165, 1.54) is 0 Å². The van der Waals surface area contributed by atoms with Crippen molar-refractivity contribution in [3.8, 4) is 0 Å². The van der Waals surface area contributed by atoms with E-state index < -0.39 is 0 Å². The molecule has 1 saturated heterocycles. The number of morpholine rings is 1. The first-order valence-electron chi connectivity index (χ1n) is 6.13. The van der Waals surface area contributed by atoms with Gasteiger partial charge in [0.2, 0.25) is 0 Å². The van der Waals surface area contributed by atoms with Crippen molar-refractivity contribution in [2.75, 3.05) is 38.2 Å². The number of rotatable bonds is 4. The van der Waals surface area contributed by atoms with E-state index in [-0.39, 0.29) is 5.91 Å². The van der Waals surface area contributed by atoms with Gasteiger partial charge in [0.25, 0.3) is 5.91 Å². The fourth-order valence-corrected chi connectivity index (χ4v) is 1.71. The van der Waals surface area contributed by atoms with Crippen molar-refractivity contribution in [3.05, 3.63) is 24.0 Å². The highest BCUT2D eigenvalue weighted by molar-refractivity contribution is 5.92. The molecule has 6 heteroatoms. The number of pyridine rings is 1. The smallest absolute Gasteiger partial charge is 0.284 e. The minimum atomic E-state index is -0.181. The first-order chi connectivity index (χ1) is 8.79. The topological polar surface area (TPSA) is 66.5 Å². The molecule has 2 N–H and O–H groups in total. The van der Waals surface area contributed by atoms with E-state index in [0.29, 0.717) is 32.0 Å². The van der Waals surface area contributed by atoms with Gasteiger partial charge >= 0.3 is 0 Å². The van der Waals surface area contributed by atoms with Gasteiger partial charge in [-0.05, 0) is 19.1 Å². The molecular weight excluding hydrogens is 232 g/mol. The fourth-order valence-electron chi connectivity index (χ4n) is 1.71. The van der Waals surface area contributed by atoms with Gasteiger partial charge in [0.15, 0.2) is 0 Å². The summed E-state index contributed by atoms with van der Waals surface area (Å²) in [7, 11) is 0. The predicted octanol–water partition coefficient (Wildman–Crippen LogP) is 0.490. The molecule has 1 aliphatic heterocycles. The average molecular weight is 250 g/mol. The maximum absolute atomic E-state index is 11.9.